The first kappa shape index (κ1) is 24.5. The van der Waals surface area contributed by atoms with Crippen LogP contribution in [0.2, 0.25) is 0 Å². The molecule has 4 aliphatic carbocycles. The largest absolute Gasteiger partial charge is 0.480 e. The number of ketones is 1. The molecule has 0 bridgehead atoms. The number of esters is 1. The average molecular weight is 486 g/mol. The quantitative estimate of drug-likeness (QED) is 0.583. The Labute approximate surface area is 207 Å². The van der Waals surface area contributed by atoms with Gasteiger partial charge in [-0.3, -0.25) is 14.4 Å². The van der Waals surface area contributed by atoms with Crippen molar-refractivity contribution in [3.63, 3.8) is 0 Å². The highest BCUT2D eigenvalue weighted by atomic mass is 16.5. The van der Waals surface area contributed by atoms with Crippen LogP contribution < -0.4 is 0 Å². The summed E-state index contributed by atoms with van der Waals surface area (Å²) in [6, 6.07) is -0.766. The van der Waals surface area contributed by atoms with E-state index in [-0.39, 0.29) is 47.4 Å². The van der Waals surface area contributed by atoms with Crippen LogP contribution in [-0.4, -0.2) is 52.3 Å². The third kappa shape index (κ3) is 4.13. The number of ether oxygens (including phenoxy) is 1. The van der Waals surface area contributed by atoms with E-state index < -0.39 is 12.0 Å². The Morgan fingerprint density at radius 1 is 1.03 bits per heavy atom. The van der Waals surface area contributed by atoms with Crippen molar-refractivity contribution in [1.82, 2.24) is 4.90 Å². The fourth-order valence-electron chi connectivity index (χ4n) is 8.60. The van der Waals surface area contributed by atoms with Gasteiger partial charge in [-0.1, -0.05) is 19.4 Å². The molecule has 0 radical (unpaired) electrons. The van der Waals surface area contributed by atoms with Crippen LogP contribution in [0.5, 0.6) is 0 Å². The van der Waals surface area contributed by atoms with Crippen LogP contribution in [-0.2, 0) is 23.9 Å². The normalized spacial score (nSPS) is 40.4. The summed E-state index contributed by atoms with van der Waals surface area (Å²) in [4.78, 5) is 50.1. The molecule has 0 aromatic heterocycles. The average Bonchev–Trinajstić information content (AvgIpc) is 3.43. The van der Waals surface area contributed by atoms with Gasteiger partial charge in [0.25, 0.3) is 0 Å². The lowest BCUT2D eigenvalue weighted by Crippen LogP contribution is -2.51. The van der Waals surface area contributed by atoms with Gasteiger partial charge in [0.05, 0.1) is 6.42 Å². The number of hydrogen-bond acceptors (Lipinski definition) is 5. The van der Waals surface area contributed by atoms with Gasteiger partial charge in [-0.2, -0.15) is 0 Å². The molecule has 35 heavy (non-hydrogen) atoms. The summed E-state index contributed by atoms with van der Waals surface area (Å²) in [5, 5.41) is 9.31. The lowest BCUT2D eigenvalue weighted by Gasteiger charge is -2.57. The molecule has 1 aliphatic heterocycles. The van der Waals surface area contributed by atoms with E-state index >= 15 is 0 Å². The first-order valence-corrected chi connectivity index (χ1v) is 13.6. The van der Waals surface area contributed by atoms with Gasteiger partial charge in [-0.25, -0.2) is 4.79 Å². The Balaban J connectivity index is 1.20. The molecule has 5 rings (SSSR count). The molecule has 7 nitrogen and oxygen atoms in total. The molecule has 0 unspecified atom stereocenters. The van der Waals surface area contributed by atoms with Crippen LogP contribution in [0.4, 0.5) is 0 Å². The lowest BCUT2D eigenvalue weighted by molar-refractivity contribution is -0.161. The minimum absolute atomic E-state index is 0.00519. The molecule has 1 amide bonds. The Hall–Kier alpha value is -2.18. The van der Waals surface area contributed by atoms with Crippen molar-refractivity contribution in [1.29, 1.82) is 0 Å². The van der Waals surface area contributed by atoms with Gasteiger partial charge in [0.1, 0.15) is 12.1 Å². The molecule has 3 saturated carbocycles. The number of rotatable bonds is 5. The van der Waals surface area contributed by atoms with Crippen molar-refractivity contribution < 1.29 is 29.0 Å². The van der Waals surface area contributed by atoms with E-state index in [0.29, 0.717) is 43.6 Å². The highest BCUT2D eigenvalue weighted by Gasteiger charge is 2.60. The first-order chi connectivity index (χ1) is 16.6. The summed E-state index contributed by atoms with van der Waals surface area (Å²) in [6.07, 6.45) is 10.8. The third-order valence-electron chi connectivity index (χ3n) is 10.5. The Kier molecular flexibility index (Phi) is 6.33. The van der Waals surface area contributed by atoms with Crippen molar-refractivity contribution in [3.8, 4) is 0 Å². The smallest absolute Gasteiger partial charge is 0.326 e. The zero-order valence-electron chi connectivity index (χ0n) is 21.1. The maximum absolute atomic E-state index is 12.8. The first-order valence-electron chi connectivity index (χ1n) is 13.6. The van der Waals surface area contributed by atoms with Crippen molar-refractivity contribution >= 4 is 23.6 Å². The fraction of sp³-hybridized carbons (Fsp3) is 0.786. The SMILES string of the molecule is C[C@]12CC[C@H]3[C@@H](CCC4=CC(=O)CC[C@@]43C)[C@@H]1CC[C@H]2OC(=O)CCC(=O)N1CCC[C@H]1C(=O)O. The van der Waals surface area contributed by atoms with E-state index in [9.17, 15) is 24.3 Å². The number of carbonyl (C=O) groups excluding carboxylic acids is 3. The second kappa shape index (κ2) is 9.04. The molecule has 7 atom stereocenters. The number of carbonyl (C=O) groups is 4. The summed E-state index contributed by atoms with van der Waals surface area (Å²) in [6.45, 7) is 5.12. The monoisotopic (exact) mass is 485 g/mol. The van der Waals surface area contributed by atoms with E-state index in [1.807, 2.05) is 6.08 Å². The number of aliphatic carboxylic acids is 1. The molecule has 0 aromatic rings. The van der Waals surface area contributed by atoms with Gasteiger partial charge >= 0.3 is 11.9 Å². The second-order valence-electron chi connectivity index (χ2n) is 12.2. The summed E-state index contributed by atoms with van der Waals surface area (Å²) >= 11 is 0. The zero-order valence-corrected chi connectivity index (χ0v) is 21.1. The van der Waals surface area contributed by atoms with Crippen LogP contribution in [0.15, 0.2) is 11.6 Å². The number of fused-ring (bicyclic) bond motifs is 5. The van der Waals surface area contributed by atoms with E-state index in [0.717, 1.165) is 44.9 Å². The van der Waals surface area contributed by atoms with Gasteiger partial charge in [0, 0.05) is 24.8 Å². The second-order valence-corrected chi connectivity index (χ2v) is 12.2. The van der Waals surface area contributed by atoms with Gasteiger partial charge in [-0.15, -0.1) is 0 Å². The van der Waals surface area contributed by atoms with Crippen molar-refractivity contribution in [2.45, 2.75) is 103 Å². The highest BCUT2D eigenvalue weighted by Crippen LogP contribution is 2.65. The minimum Gasteiger partial charge on any atom is -0.480 e. The molecule has 1 heterocycles. The molecule has 7 heteroatoms. The van der Waals surface area contributed by atoms with E-state index in [1.165, 1.54) is 10.5 Å². The van der Waals surface area contributed by atoms with Crippen molar-refractivity contribution in [2.75, 3.05) is 6.54 Å². The lowest BCUT2D eigenvalue weighted by atomic mass is 9.47. The van der Waals surface area contributed by atoms with E-state index in [2.05, 4.69) is 13.8 Å². The molecular formula is C28H39NO6. The van der Waals surface area contributed by atoms with E-state index in [1.54, 1.807) is 0 Å². The Morgan fingerprint density at radius 3 is 2.60 bits per heavy atom. The van der Waals surface area contributed by atoms with Crippen molar-refractivity contribution in [2.24, 2.45) is 28.6 Å². The molecule has 5 aliphatic rings. The number of amides is 1. The molecule has 1 N–H and O–H groups in total. The van der Waals surface area contributed by atoms with Crippen LogP contribution in [0.3, 0.4) is 0 Å². The van der Waals surface area contributed by atoms with E-state index in [4.69, 9.17) is 4.74 Å². The molecule has 1 saturated heterocycles. The number of carboxylic acids is 1. The number of carboxylic acid groups (broad SMARTS) is 1. The third-order valence-corrected chi connectivity index (χ3v) is 10.5. The number of likely N-dealkylation sites (tertiary alicyclic amines) is 1. The highest BCUT2D eigenvalue weighted by molar-refractivity contribution is 5.91. The van der Waals surface area contributed by atoms with Crippen LogP contribution in [0.25, 0.3) is 0 Å². The maximum atomic E-state index is 12.8. The topological polar surface area (TPSA) is 101 Å². The van der Waals surface area contributed by atoms with Gasteiger partial charge in [0.15, 0.2) is 5.78 Å². The molecule has 0 aromatic carbocycles. The van der Waals surface area contributed by atoms with Crippen LogP contribution >= 0.6 is 0 Å². The van der Waals surface area contributed by atoms with Crippen LogP contribution in [0, 0.1) is 28.6 Å². The maximum Gasteiger partial charge on any atom is 0.326 e. The van der Waals surface area contributed by atoms with Crippen LogP contribution in [0.1, 0.15) is 90.9 Å². The summed E-state index contributed by atoms with van der Waals surface area (Å²) in [7, 11) is 0. The Morgan fingerprint density at radius 2 is 1.83 bits per heavy atom. The summed E-state index contributed by atoms with van der Waals surface area (Å²) in [5.41, 5.74) is 1.47. The van der Waals surface area contributed by atoms with Gasteiger partial charge in [0.2, 0.25) is 5.91 Å². The van der Waals surface area contributed by atoms with Crippen molar-refractivity contribution in [3.05, 3.63) is 11.6 Å². The summed E-state index contributed by atoms with van der Waals surface area (Å²) in [5.74, 6) is 0.431. The number of allylic oxidation sites excluding steroid dienone is 1. The fourth-order valence-corrected chi connectivity index (χ4v) is 8.60. The van der Waals surface area contributed by atoms with Gasteiger partial charge < -0.3 is 14.7 Å². The predicted molar refractivity (Wildman–Crippen MR) is 128 cm³/mol. The van der Waals surface area contributed by atoms with Gasteiger partial charge in [-0.05, 0) is 87.0 Å². The predicted octanol–water partition coefficient (Wildman–Crippen LogP) is 4.29. The molecule has 4 fully saturated rings. The number of hydrogen-bond donors (Lipinski definition) is 1. The summed E-state index contributed by atoms with van der Waals surface area (Å²) < 4.78 is 6.01. The molecular weight excluding hydrogens is 446 g/mol. The standard InChI is InChI=1S/C28H39NO6/c1-27-13-11-18(30)16-17(27)5-6-19-20-7-8-23(28(20,2)14-12-21(19)27)35-25(32)10-9-24(31)29-15-3-4-22(29)26(33)34/h16,19-23H,3-15H2,1-2H3,(H,33,34)/t19-,20-,21-,22-,23+,27-,28-/m0/s1. The Bertz CT molecular complexity index is 957. The zero-order chi connectivity index (χ0) is 25.0. The minimum atomic E-state index is -0.974. The molecule has 0 spiro atoms. The number of nitrogens with zero attached hydrogens (tertiary/aromatic N) is 1. The molecule has 192 valence electrons.